The SMILES string of the molecule is N#CC1=NC23C4=CC=CCC4=CC(=O)C2C=CC=C3N(O)C1C#N. The lowest BCUT2D eigenvalue weighted by Gasteiger charge is -2.49. The van der Waals surface area contributed by atoms with Crippen LogP contribution in [0.4, 0.5) is 0 Å². The second-order valence-corrected chi connectivity index (χ2v) is 5.95. The number of nitriles is 2. The molecule has 24 heavy (non-hydrogen) atoms. The van der Waals surface area contributed by atoms with Gasteiger partial charge in [0.05, 0.1) is 17.7 Å². The van der Waals surface area contributed by atoms with Crippen LogP contribution in [0.5, 0.6) is 0 Å². The predicted octanol–water partition coefficient (Wildman–Crippen LogP) is 1.75. The molecular weight excluding hydrogens is 304 g/mol. The first-order valence-corrected chi connectivity index (χ1v) is 7.52. The number of allylic oxidation sites excluding steroid dienone is 6. The van der Waals surface area contributed by atoms with Gasteiger partial charge in [0.15, 0.2) is 17.5 Å². The van der Waals surface area contributed by atoms with Crippen molar-refractivity contribution in [3.8, 4) is 12.1 Å². The zero-order valence-electron chi connectivity index (χ0n) is 12.5. The van der Waals surface area contributed by atoms with Crippen LogP contribution in [-0.2, 0) is 4.79 Å². The molecule has 4 rings (SSSR count). The van der Waals surface area contributed by atoms with E-state index in [0.29, 0.717) is 12.1 Å². The molecule has 0 amide bonds. The fourth-order valence-electron chi connectivity index (χ4n) is 3.78. The van der Waals surface area contributed by atoms with Gasteiger partial charge in [-0.2, -0.15) is 10.5 Å². The summed E-state index contributed by atoms with van der Waals surface area (Å²) in [4.78, 5) is 17.2. The summed E-state index contributed by atoms with van der Waals surface area (Å²) in [6.07, 6.45) is 12.9. The van der Waals surface area contributed by atoms with E-state index in [-0.39, 0.29) is 11.5 Å². The van der Waals surface area contributed by atoms with Crippen LogP contribution in [0.1, 0.15) is 6.42 Å². The highest BCUT2D eigenvalue weighted by molar-refractivity contribution is 6.07. The number of hydrogen-bond acceptors (Lipinski definition) is 6. The molecule has 3 unspecified atom stereocenters. The molecule has 0 saturated heterocycles. The summed E-state index contributed by atoms with van der Waals surface area (Å²) in [5, 5.41) is 30.1. The molecule has 1 aliphatic heterocycles. The number of carbonyl (C=O) groups excluding carboxylic acids is 1. The summed E-state index contributed by atoms with van der Waals surface area (Å²) >= 11 is 0. The van der Waals surface area contributed by atoms with E-state index in [0.717, 1.165) is 16.2 Å². The molecule has 0 aromatic heterocycles. The number of ketones is 1. The van der Waals surface area contributed by atoms with Gasteiger partial charge in [0.2, 0.25) is 0 Å². The first-order valence-electron chi connectivity index (χ1n) is 7.52. The highest BCUT2D eigenvalue weighted by Gasteiger charge is 2.57. The summed E-state index contributed by atoms with van der Waals surface area (Å²) < 4.78 is 0. The standard InChI is InChI=1S/C18H12N4O2/c19-9-14-15(10-20)22(24)17-7-3-6-13-16(23)8-11-4-1-2-5-12(11)18(13,17)21-14/h1-3,5-8,13,15,24H,4H2. The van der Waals surface area contributed by atoms with Crippen LogP contribution in [0.15, 0.2) is 64.4 Å². The Kier molecular flexibility index (Phi) is 2.93. The lowest BCUT2D eigenvalue weighted by Crippen LogP contribution is -2.58. The molecule has 0 aromatic rings. The van der Waals surface area contributed by atoms with Gasteiger partial charge in [-0.15, -0.1) is 0 Å². The van der Waals surface area contributed by atoms with Crippen molar-refractivity contribution in [3.05, 3.63) is 59.4 Å². The number of carbonyl (C=O) groups is 1. The van der Waals surface area contributed by atoms with Crippen LogP contribution in [0.2, 0.25) is 0 Å². The molecule has 6 heteroatoms. The molecule has 0 radical (unpaired) electrons. The largest absolute Gasteiger partial charge is 0.294 e. The average Bonchev–Trinajstić information content (AvgIpc) is 2.61. The van der Waals surface area contributed by atoms with Gasteiger partial charge in [0.25, 0.3) is 0 Å². The minimum Gasteiger partial charge on any atom is -0.294 e. The topological polar surface area (TPSA) is 100 Å². The van der Waals surface area contributed by atoms with Crippen molar-refractivity contribution in [2.45, 2.75) is 18.0 Å². The highest BCUT2D eigenvalue weighted by Crippen LogP contribution is 2.51. The van der Waals surface area contributed by atoms with Crippen LogP contribution in [0, 0.1) is 28.6 Å². The van der Waals surface area contributed by atoms with E-state index in [1.54, 1.807) is 24.3 Å². The molecule has 1 heterocycles. The first-order chi connectivity index (χ1) is 11.6. The van der Waals surface area contributed by atoms with E-state index < -0.39 is 17.5 Å². The zero-order chi connectivity index (χ0) is 16.9. The summed E-state index contributed by atoms with van der Waals surface area (Å²) in [5.41, 5.74) is 0.676. The maximum Gasteiger partial charge on any atom is 0.193 e. The molecule has 0 bridgehead atoms. The Balaban J connectivity index is 2.07. The number of hydrogen-bond donors (Lipinski definition) is 1. The molecule has 0 aromatic carbocycles. The van der Waals surface area contributed by atoms with Crippen LogP contribution in [0.25, 0.3) is 0 Å². The first kappa shape index (κ1) is 14.4. The molecule has 3 atom stereocenters. The number of fused-ring (bicyclic) bond motifs is 1. The third-order valence-corrected chi connectivity index (χ3v) is 4.80. The minimum atomic E-state index is -1.19. The molecule has 3 aliphatic carbocycles. The molecule has 6 nitrogen and oxygen atoms in total. The van der Waals surface area contributed by atoms with E-state index in [2.05, 4.69) is 4.99 Å². The van der Waals surface area contributed by atoms with Gasteiger partial charge < -0.3 is 0 Å². The molecule has 1 N–H and O–H groups in total. The van der Waals surface area contributed by atoms with Gasteiger partial charge in [-0.05, 0) is 29.7 Å². The maximum absolute atomic E-state index is 12.7. The Bertz CT molecular complexity index is 920. The van der Waals surface area contributed by atoms with E-state index in [4.69, 9.17) is 0 Å². The highest BCUT2D eigenvalue weighted by atomic mass is 16.5. The van der Waals surface area contributed by atoms with Crippen LogP contribution in [-0.4, -0.2) is 33.3 Å². The van der Waals surface area contributed by atoms with Crippen molar-refractivity contribution in [2.24, 2.45) is 10.9 Å². The normalized spacial score (nSPS) is 33.0. The van der Waals surface area contributed by atoms with E-state index >= 15 is 0 Å². The number of aliphatic imine (C=N–C) groups is 1. The second-order valence-electron chi connectivity index (χ2n) is 5.95. The summed E-state index contributed by atoms with van der Waals surface area (Å²) in [5.74, 6) is -0.763. The monoisotopic (exact) mass is 316 g/mol. The minimum absolute atomic E-state index is 0.0954. The van der Waals surface area contributed by atoms with Gasteiger partial charge in [0, 0.05) is 0 Å². The number of rotatable bonds is 0. The van der Waals surface area contributed by atoms with Gasteiger partial charge in [0.1, 0.15) is 11.6 Å². The van der Waals surface area contributed by atoms with Gasteiger partial charge in [-0.1, -0.05) is 30.4 Å². The smallest absolute Gasteiger partial charge is 0.193 e. The molecule has 0 fully saturated rings. The molecule has 1 spiro atoms. The quantitative estimate of drug-likeness (QED) is 0.734. The Morgan fingerprint density at radius 1 is 1.33 bits per heavy atom. The van der Waals surface area contributed by atoms with Crippen LogP contribution >= 0.6 is 0 Å². The summed E-state index contributed by atoms with van der Waals surface area (Å²) in [6.45, 7) is 0. The molecule has 116 valence electrons. The number of nitrogens with zero attached hydrogens (tertiary/aromatic N) is 4. The Morgan fingerprint density at radius 2 is 2.17 bits per heavy atom. The Morgan fingerprint density at radius 3 is 2.92 bits per heavy atom. The van der Waals surface area contributed by atoms with E-state index in [1.807, 2.05) is 30.4 Å². The number of hydroxylamine groups is 2. The van der Waals surface area contributed by atoms with Gasteiger partial charge >= 0.3 is 0 Å². The second kappa shape index (κ2) is 4.89. The van der Waals surface area contributed by atoms with E-state index in [9.17, 15) is 20.5 Å². The van der Waals surface area contributed by atoms with Gasteiger partial charge in [-0.3, -0.25) is 15.0 Å². The maximum atomic E-state index is 12.7. The summed E-state index contributed by atoms with van der Waals surface area (Å²) in [6, 6.07) is 2.62. The molecule has 4 aliphatic rings. The van der Waals surface area contributed by atoms with Crippen molar-refractivity contribution in [3.63, 3.8) is 0 Å². The van der Waals surface area contributed by atoms with Crippen molar-refractivity contribution in [1.29, 1.82) is 10.5 Å². The third kappa shape index (κ3) is 1.61. The predicted molar refractivity (Wildman–Crippen MR) is 84.4 cm³/mol. The zero-order valence-corrected chi connectivity index (χ0v) is 12.5. The van der Waals surface area contributed by atoms with Crippen LogP contribution in [0.3, 0.4) is 0 Å². The lowest BCUT2D eigenvalue weighted by molar-refractivity contribution is -0.120. The Labute approximate surface area is 138 Å². The van der Waals surface area contributed by atoms with Crippen molar-refractivity contribution >= 4 is 11.5 Å². The summed E-state index contributed by atoms with van der Waals surface area (Å²) in [7, 11) is 0. The Hall–Kier alpha value is -3.22. The average molecular weight is 316 g/mol. The molecular formula is C18H12N4O2. The van der Waals surface area contributed by atoms with Crippen molar-refractivity contribution in [2.75, 3.05) is 0 Å². The van der Waals surface area contributed by atoms with Crippen molar-refractivity contribution < 1.29 is 10.0 Å². The fraction of sp³-hybridized carbons (Fsp3) is 0.222. The lowest BCUT2D eigenvalue weighted by atomic mass is 9.63. The third-order valence-electron chi connectivity index (χ3n) is 4.80. The van der Waals surface area contributed by atoms with E-state index in [1.165, 1.54) is 0 Å². The van der Waals surface area contributed by atoms with Crippen LogP contribution < -0.4 is 0 Å². The van der Waals surface area contributed by atoms with Crippen molar-refractivity contribution in [1.82, 2.24) is 5.06 Å². The fourth-order valence-corrected chi connectivity index (χ4v) is 3.78. The van der Waals surface area contributed by atoms with Gasteiger partial charge in [-0.25, -0.2) is 5.06 Å². The molecule has 0 saturated carbocycles.